The third-order valence-electron chi connectivity index (χ3n) is 4.20. The normalized spacial score (nSPS) is 15.0. The largest absolute Gasteiger partial charge is 0.489 e. The van der Waals surface area contributed by atoms with E-state index in [1.165, 1.54) is 18.9 Å². The number of ether oxygens (including phenoxy) is 1. The first-order chi connectivity index (χ1) is 11.2. The molecule has 1 heterocycles. The summed E-state index contributed by atoms with van der Waals surface area (Å²) < 4.78 is 33.7. The molecule has 0 atom stereocenters. The van der Waals surface area contributed by atoms with Crippen molar-refractivity contribution in [1.29, 1.82) is 0 Å². The maximum atomic E-state index is 14.2. The van der Waals surface area contributed by atoms with Crippen molar-refractivity contribution in [3.8, 4) is 5.75 Å². The molecule has 2 aromatic rings. The van der Waals surface area contributed by atoms with Crippen molar-refractivity contribution in [2.24, 2.45) is 0 Å². The van der Waals surface area contributed by atoms with Crippen molar-refractivity contribution in [2.75, 3.05) is 26.2 Å². The zero-order valence-electron chi connectivity index (χ0n) is 13.1. The third-order valence-corrected chi connectivity index (χ3v) is 4.20. The van der Waals surface area contributed by atoms with E-state index in [-0.39, 0.29) is 5.75 Å². The Balaban J connectivity index is 1.62. The van der Waals surface area contributed by atoms with Gasteiger partial charge in [-0.2, -0.15) is 0 Å². The van der Waals surface area contributed by atoms with Gasteiger partial charge >= 0.3 is 0 Å². The Kier molecular flexibility index (Phi) is 5.23. The fourth-order valence-corrected chi connectivity index (χ4v) is 2.92. The van der Waals surface area contributed by atoms with E-state index in [2.05, 4.69) is 4.90 Å². The second-order valence-electron chi connectivity index (χ2n) is 5.93. The van der Waals surface area contributed by atoms with Gasteiger partial charge in [0.15, 0.2) is 11.6 Å². The van der Waals surface area contributed by atoms with Crippen LogP contribution in [0, 0.1) is 11.6 Å². The highest BCUT2D eigenvalue weighted by atomic mass is 19.1. The minimum Gasteiger partial charge on any atom is -0.489 e. The van der Waals surface area contributed by atoms with E-state index >= 15 is 0 Å². The van der Waals surface area contributed by atoms with Crippen LogP contribution in [0.5, 0.6) is 5.75 Å². The summed E-state index contributed by atoms with van der Waals surface area (Å²) in [5.41, 5.74) is 1.30. The highest BCUT2D eigenvalue weighted by Crippen LogP contribution is 2.23. The molecular weight excluding hydrogens is 296 g/mol. The second-order valence-corrected chi connectivity index (χ2v) is 5.93. The van der Waals surface area contributed by atoms with Gasteiger partial charge in [0.2, 0.25) is 0 Å². The van der Waals surface area contributed by atoms with Crippen LogP contribution < -0.4 is 4.74 Å². The summed E-state index contributed by atoms with van der Waals surface area (Å²) in [6.45, 7) is 3.27. The lowest BCUT2D eigenvalue weighted by Crippen LogP contribution is -2.25. The third kappa shape index (κ3) is 4.29. The van der Waals surface area contributed by atoms with Crippen LogP contribution in [0.2, 0.25) is 0 Å². The minimum atomic E-state index is -0.501. The molecule has 0 unspecified atom stereocenters. The van der Waals surface area contributed by atoms with Crippen LogP contribution in [0.4, 0.5) is 8.78 Å². The van der Waals surface area contributed by atoms with Gasteiger partial charge in [-0.05, 0) is 43.1 Å². The fraction of sp³-hybridized carbons (Fsp3) is 0.368. The summed E-state index contributed by atoms with van der Waals surface area (Å²) in [4.78, 5) is 2.28. The molecule has 0 spiro atoms. The van der Waals surface area contributed by atoms with Crippen molar-refractivity contribution in [3.63, 3.8) is 0 Å². The first-order valence-corrected chi connectivity index (χ1v) is 8.09. The summed E-state index contributed by atoms with van der Waals surface area (Å²) in [6.07, 6.45) is 2.78. The summed E-state index contributed by atoms with van der Waals surface area (Å²) in [5.74, 6) is -0.927. The topological polar surface area (TPSA) is 12.5 Å². The van der Waals surface area contributed by atoms with Crippen LogP contribution in [0.15, 0.2) is 42.5 Å². The van der Waals surface area contributed by atoms with Crippen LogP contribution in [0.25, 0.3) is 0 Å². The highest BCUT2D eigenvalue weighted by molar-refractivity contribution is 5.34. The van der Waals surface area contributed by atoms with E-state index in [0.717, 1.165) is 31.3 Å². The Hall–Kier alpha value is -1.94. The Bertz CT molecular complexity index is 639. The van der Waals surface area contributed by atoms with Crippen molar-refractivity contribution < 1.29 is 13.5 Å². The Morgan fingerprint density at radius 3 is 2.43 bits per heavy atom. The Morgan fingerprint density at radius 1 is 0.957 bits per heavy atom. The van der Waals surface area contributed by atoms with Gasteiger partial charge in [0.05, 0.1) is 0 Å². The number of nitrogens with zero attached hydrogens (tertiary/aromatic N) is 1. The van der Waals surface area contributed by atoms with Crippen LogP contribution >= 0.6 is 0 Å². The fourth-order valence-electron chi connectivity index (χ4n) is 2.92. The van der Waals surface area contributed by atoms with E-state index in [9.17, 15) is 8.78 Å². The molecule has 4 heteroatoms. The molecule has 23 heavy (non-hydrogen) atoms. The molecule has 0 radical (unpaired) electrons. The number of benzene rings is 2. The SMILES string of the molecule is Fc1cc(OCCN2CCCC2)c(F)cc1Cc1ccccc1. The van der Waals surface area contributed by atoms with E-state index in [1.807, 2.05) is 30.3 Å². The van der Waals surface area contributed by atoms with Crippen molar-refractivity contribution in [3.05, 3.63) is 65.2 Å². The van der Waals surface area contributed by atoms with Gasteiger partial charge in [-0.1, -0.05) is 30.3 Å². The van der Waals surface area contributed by atoms with Gasteiger partial charge in [0.25, 0.3) is 0 Å². The minimum absolute atomic E-state index is 0.00138. The standard InChI is InChI=1S/C19H21F2NO/c20-17-14-19(23-11-10-22-8-4-5-9-22)18(21)13-16(17)12-15-6-2-1-3-7-15/h1-3,6-7,13-14H,4-5,8-12H2. The Morgan fingerprint density at radius 2 is 1.70 bits per heavy atom. The van der Waals surface area contributed by atoms with Crippen molar-refractivity contribution in [2.45, 2.75) is 19.3 Å². The molecule has 1 aliphatic rings. The molecule has 2 aromatic carbocycles. The summed E-state index contributed by atoms with van der Waals surface area (Å²) in [6, 6.07) is 11.9. The number of hydrogen-bond donors (Lipinski definition) is 0. The molecular formula is C19H21F2NO. The van der Waals surface area contributed by atoms with E-state index < -0.39 is 11.6 Å². The quantitative estimate of drug-likeness (QED) is 0.797. The predicted molar refractivity (Wildman–Crippen MR) is 86.8 cm³/mol. The second kappa shape index (κ2) is 7.55. The zero-order chi connectivity index (χ0) is 16.1. The van der Waals surface area contributed by atoms with E-state index in [4.69, 9.17) is 4.74 Å². The molecule has 0 aliphatic carbocycles. The molecule has 122 valence electrons. The predicted octanol–water partition coefficient (Wildman–Crippen LogP) is 4.03. The smallest absolute Gasteiger partial charge is 0.165 e. The van der Waals surface area contributed by atoms with E-state index in [1.54, 1.807) is 0 Å². The monoisotopic (exact) mass is 317 g/mol. The van der Waals surface area contributed by atoms with Gasteiger partial charge in [-0.25, -0.2) is 8.78 Å². The first-order valence-electron chi connectivity index (χ1n) is 8.09. The molecule has 3 rings (SSSR count). The molecule has 0 saturated carbocycles. The van der Waals surface area contributed by atoms with Crippen molar-refractivity contribution >= 4 is 0 Å². The molecule has 0 aromatic heterocycles. The van der Waals surface area contributed by atoms with Crippen LogP contribution in [-0.2, 0) is 6.42 Å². The van der Waals surface area contributed by atoms with E-state index in [0.29, 0.717) is 18.6 Å². The number of hydrogen-bond acceptors (Lipinski definition) is 2. The van der Waals surface area contributed by atoms with Crippen molar-refractivity contribution in [1.82, 2.24) is 4.90 Å². The zero-order valence-corrected chi connectivity index (χ0v) is 13.1. The van der Waals surface area contributed by atoms with Gasteiger partial charge < -0.3 is 4.74 Å². The average Bonchev–Trinajstić information content (AvgIpc) is 3.06. The number of rotatable bonds is 6. The maximum Gasteiger partial charge on any atom is 0.165 e. The molecule has 1 saturated heterocycles. The average molecular weight is 317 g/mol. The molecule has 2 nitrogen and oxygen atoms in total. The van der Waals surface area contributed by atoms with Crippen LogP contribution in [0.1, 0.15) is 24.0 Å². The first kappa shape index (κ1) is 15.9. The lowest BCUT2D eigenvalue weighted by Gasteiger charge is -2.15. The lowest BCUT2D eigenvalue weighted by molar-refractivity contribution is 0.230. The number of halogens is 2. The maximum absolute atomic E-state index is 14.2. The van der Waals surface area contributed by atoms with Gasteiger partial charge in [-0.15, -0.1) is 0 Å². The Labute approximate surface area is 135 Å². The summed E-state index contributed by atoms with van der Waals surface area (Å²) in [5, 5.41) is 0. The van der Waals surface area contributed by atoms with Crippen LogP contribution in [0.3, 0.4) is 0 Å². The number of likely N-dealkylation sites (tertiary alicyclic amines) is 1. The molecule has 0 amide bonds. The lowest BCUT2D eigenvalue weighted by atomic mass is 10.0. The molecule has 1 aliphatic heterocycles. The molecule has 1 fully saturated rings. The van der Waals surface area contributed by atoms with Gasteiger partial charge in [0.1, 0.15) is 12.4 Å². The molecule has 0 N–H and O–H groups in total. The molecule has 0 bridgehead atoms. The highest BCUT2D eigenvalue weighted by Gasteiger charge is 2.14. The van der Waals surface area contributed by atoms with Gasteiger partial charge in [0, 0.05) is 19.0 Å². The summed E-state index contributed by atoms with van der Waals surface area (Å²) in [7, 11) is 0. The summed E-state index contributed by atoms with van der Waals surface area (Å²) >= 11 is 0. The van der Waals surface area contributed by atoms with Gasteiger partial charge in [-0.3, -0.25) is 4.90 Å². The van der Waals surface area contributed by atoms with Crippen LogP contribution in [-0.4, -0.2) is 31.1 Å².